The minimum Gasteiger partial charge on any atom is -0.379 e. The van der Waals surface area contributed by atoms with Gasteiger partial charge in [0.15, 0.2) is 0 Å². The molecule has 0 bridgehead atoms. The Kier molecular flexibility index (Phi) is 5.02. The van der Waals surface area contributed by atoms with E-state index in [4.69, 9.17) is 9.47 Å². The van der Waals surface area contributed by atoms with Crippen LogP contribution in [0.3, 0.4) is 0 Å². The second-order valence-corrected chi connectivity index (χ2v) is 5.64. The molecule has 1 amide bonds. The molecule has 0 aliphatic carbocycles. The zero-order valence-corrected chi connectivity index (χ0v) is 12.5. The fourth-order valence-corrected chi connectivity index (χ4v) is 2.89. The predicted octanol–water partition coefficient (Wildman–Crippen LogP) is 0.999. The molecule has 2 aliphatic rings. The van der Waals surface area contributed by atoms with Crippen LogP contribution >= 0.6 is 0 Å². The lowest BCUT2D eigenvalue weighted by Gasteiger charge is -2.36. The number of rotatable bonds is 3. The van der Waals surface area contributed by atoms with Crippen molar-refractivity contribution < 1.29 is 18.7 Å². The molecule has 6 heteroatoms. The Labute approximate surface area is 129 Å². The Morgan fingerprint density at radius 3 is 2.73 bits per heavy atom. The number of carbonyl (C=O) groups is 1. The summed E-state index contributed by atoms with van der Waals surface area (Å²) in [5.74, 6) is -0.725. The van der Waals surface area contributed by atoms with Gasteiger partial charge in [0.2, 0.25) is 0 Å². The van der Waals surface area contributed by atoms with Gasteiger partial charge in [-0.15, -0.1) is 0 Å². The summed E-state index contributed by atoms with van der Waals surface area (Å²) < 4.78 is 24.9. The van der Waals surface area contributed by atoms with Crippen LogP contribution in [0.25, 0.3) is 0 Å². The average molecular weight is 308 g/mol. The molecule has 2 heterocycles. The van der Waals surface area contributed by atoms with Crippen LogP contribution in [0.4, 0.5) is 4.39 Å². The van der Waals surface area contributed by atoms with Crippen LogP contribution in [0.15, 0.2) is 24.3 Å². The van der Waals surface area contributed by atoms with Gasteiger partial charge in [0, 0.05) is 32.7 Å². The number of morpholine rings is 2. The topological polar surface area (TPSA) is 42.0 Å². The fraction of sp³-hybridized carbons (Fsp3) is 0.562. The summed E-state index contributed by atoms with van der Waals surface area (Å²) in [4.78, 5) is 16.4. The lowest BCUT2D eigenvalue weighted by Crippen LogP contribution is -2.51. The summed E-state index contributed by atoms with van der Waals surface area (Å²) in [5.41, 5.74) is 0.134. The summed E-state index contributed by atoms with van der Waals surface area (Å²) in [7, 11) is 0. The van der Waals surface area contributed by atoms with E-state index >= 15 is 0 Å². The first-order chi connectivity index (χ1) is 10.7. The van der Waals surface area contributed by atoms with Crippen molar-refractivity contribution in [3.05, 3.63) is 35.6 Å². The lowest BCUT2D eigenvalue weighted by atomic mass is 10.1. The highest BCUT2D eigenvalue weighted by atomic mass is 19.1. The van der Waals surface area contributed by atoms with Gasteiger partial charge in [0.05, 0.1) is 31.5 Å². The Bertz CT molecular complexity index is 520. The van der Waals surface area contributed by atoms with Crippen LogP contribution in [0.1, 0.15) is 10.4 Å². The van der Waals surface area contributed by atoms with E-state index in [1.807, 2.05) is 0 Å². The first-order valence-corrected chi connectivity index (χ1v) is 7.69. The van der Waals surface area contributed by atoms with Gasteiger partial charge in [-0.05, 0) is 12.1 Å². The van der Waals surface area contributed by atoms with Crippen molar-refractivity contribution in [1.82, 2.24) is 9.80 Å². The molecule has 3 rings (SSSR count). The molecule has 22 heavy (non-hydrogen) atoms. The summed E-state index contributed by atoms with van der Waals surface area (Å²) in [6, 6.07) is 6.12. The highest BCUT2D eigenvalue weighted by molar-refractivity contribution is 5.94. The monoisotopic (exact) mass is 308 g/mol. The second kappa shape index (κ2) is 7.17. The van der Waals surface area contributed by atoms with E-state index in [-0.39, 0.29) is 17.6 Å². The van der Waals surface area contributed by atoms with E-state index in [2.05, 4.69) is 4.90 Å². The van der Waals surface area contributed by atoms with Gasteiger partial charge >= 0.3 is 0 Å². The van der Waals surface area contributed by atoms with E-state index in [1.54, 1.807) is 17.0 Å². The molecule has 0 radical (unpaired) electrons. The number of ether oxygens (including phenoxy) is 2. The third-order valence-corrected chi connectivity index (χ3v) is 4.10. The summed E-state index contributed by atoms with van der Waals surface area (Å²) in [6.45, 7) is 5.55. The first-order valence-electron chi connectivity index (χ1n) is 7.69. The van der Waals surface area contributed by atoms with E-state index in [0.717, 1.165) is 32.8 Å². The van der Waals surface area contributed by atoms with Gasteiger partial charge in [-0.25, -0.2) is 4.39 Å². The van der Waals surface area contributed by atoms with E-state index in [1.165, 1.54) is 12.1 Å². The fourth-order valence-electron chi connectivity index (χ4n) is 2.89. The van der Waals surface area contributed by atoms with Crippen molar-refractivity contribution in [3.63, 3.8) is 0 Å². The van der Waals surface area contributed by atoms with E-state index in [9.17, 15) is 9.18 Å². The number of hydrogen-bond donors (Lipinski definition) is 0. The molecular formula is C16H21FN2O3. The van der Waals surface area contributed by atoms with Crippen LogP contribution < -0.4 is 0 Å². The molecule has 0 spiro atoms. The van der Waals surface area contributed by atoms with Crippen LogP contribution in [0, 0.1) is 5.82 Å². The molecule has 1 aromatic carbocycles. The minimum absolute atomic E-state index is 0.0254. The normalized spacial score (nSPS) is 23.5. The summed E-state index contributed by atoms with van der Waals surface area (Å²) in [5, 5.41) is 0. The number of carbonyl (C=O) groups excluding carboxylic acids is 1. The van der Waals surface area contributed by atoms with Crippen LogP contribution in [-0.2, 0) is 9.47 Å². The van der Waals surface area contributed by atoms with Gasteiger partial charge in [-0.1, -0.05) is 12.1 Å². The maximum absolute atomic E-state index is 13.8. The number of amides is 1. The number of halogens is 1. The lowest BCUT2D eigenvalue weighted by molar-refractivity contribution is -0.0503. The minimum atomic E-state index is -0.469. The van der Waals surface area contributed by atoms with Crippen molar-refractivity contribution in [3.8, 4) is 0 Å². The SMILES string of the molecule is O=C(c1ccccc1F)N1CCOC(CN2CCOCC2)C1. The van der Waals surface area contributed by atoms with Gasteiger partial charge in [-0.2, -0.15) is 0 Å². The molecule has 120 valence electrons. The predicted molar refractivity (Wildman–Crippen MR) is 79.3 cm³/mol. The Hall–Kier alpha value is -1.50. The Balaban J connectivity index is 1.60. The zero-order valence-electron chi connectivity index (χ0n) is 12.5. The quantitative estimate of drug-likeness (QED) is 0.835. The molecule has 2 fully saturated rings. The van der Waals surface area contributed by atoms with Crippen molar-refractivity contribution in [2.75, 3.05) is 52.5 Å². The van der Waals surface area contributed by atoms with Crippen LogP contribution in [0.2, 0.25) is 0 Å². The van der Waals surface area contributed by atoms with Gasteiger partial charge in [0.1, 0.15) is 5.82 Å². The van der Waals surface area contributed by atoms with Gasteiger partial charge in [0.25, 0.3) is 5.91 Å². The van der Waals surface area contributed by atoms with Crippen LogP contribution in [-0.4, -0.2) is 74.4 Å². The highest BCUT2D eigenvalue weighted by Gasteiger charge is 2.28. The molecule has 2 aliphatic heterocycles. The van der Waals surface area contributed by atoms with Crippen molar-refractivity contribution >= 4 is 5.91 Å². The van der Waals surface area contributed by atoms with Gasteiger partial charge < -0.3 is 14.4 Å². The van der Waals surface area contributed by atoms with E-state index in [0.29, 0.717) is 19.7 Å². The van der Waals surface area contributed by atoms with Crippen molar-refractivity contribution in [1.29, 1.82) is 0 Å². The highest BCUT2D eigenvalue weighted by Crippen LogP contribution is 2.14. The van der Waals surface area contributed by atoms with Crippen molar-refractivity contribution in [2.45, 2.75) is 6.10 Å². The van der Waals surface area contributed by atoms with Crippen molar-refractivity contribution in [2.24, 2.45) is 0 Å². The smallest absolute Gasteiger partial charge is 0.256 e. The zero-order chi connectivity index (χ0) is 15.4. The molecule has 5 nitrogen and oxygen atoms in total. The number of benzene rings is 1. The maximum atomic E-state index is 13.8. The molecule has 1 aromatic rings. The average Bonchev–Trinajstić information content (AvgIpc) is 2.56. The Morgan fingerprint density at radius 1 is 1.18 bits per heavy atom. The van der Waals surface area contributed by atoms with E-state index < -0.39 is 5.82 Å². The van der Waals surface area contributed by atoms with Crippen LogP contribution in [0.5, 0.6) is 0 Å². The van der Waals surface area contributed by atoms with Gasteiger partial charge in [-0.3, -0.25) is 9.69 Å². The second-order valence-electron chi connectivity index (χ2n) is 5.64. The molecule has 1 atom stereocenters. The number of nitrogens with zero attached hydrogens (tertiary/aromatic N) is 2. The summed E-state index contributed by atoms with van der Waals surface area (Å²) in [6.07, 6.45) is -0.0254. The third kappa shape index (κ3) is 3.63. The molecule has 0 aromatic heterocycles. The third-order valence-electron chi connectivity index (χ3n) is 4.10. The Morgan fingerprint density at radius 2 is 1.95 bits per heavy atom. The molecule has 2 saturated heterocycles. The largest absolute Gasteiger partial charge is 0.379 e. The molecular weight excluding hydrogens is 287 g/mol. The molecule has 0 N–H and O–H groups in total. The molecule has 1 unspecified atom stereocenters. The number of hydrogen-bond acceptors (Lipinski definition) is 4. The first kappa shape index (κ1) is 15.4. The standard InChI is InChI=1S/C16H21FN2O3/c17-15-4-2-1-3-14(15)16(20)19-7-10-22-13(12-19)11-18-5-8-21-9-6-18/h1-4,13H,5-12H2. The maximum Gasteiger partial charge on any atom is 0.256 e. The molecule has 0 saturated carbocycles. The summed E-state index contributed by atoms with van der Waals surface area (Å²) >= 11 is 0.